The maximum absolute atomic E-state index is 13.1. The second kappa shape index (κ2) is 6.68. The lowest BCUT2D eigenvalue weighted by Gasteiger charge is -2.32. The highest BCUT2D eigenvalue weighted by atomic mass is 19.1. The van der Waals surface area contributed by atoms with E-state index in [1.54, 1.807) is 12.3 Å². The van der Waals surface area contributed by atoms with Crippen molar-refractivity contribution in [2.75, 3.05) is 13.1 Å². The van der Waals surface area contributed by atoms with Crippen molar-refractivity contribution in [1.82, 2.24) is 9.88 Å². The minimum Gasteiger partial charge on any atom is -0.490 e. The molecule has 1 aromatic carbocycles. The third kappa shape index (κ3) is 4.02. The number of aromatic nitrogens is 1. The van der Waals surface area contributed by atoms with E-state index in [4.69, 9.17) is 4.74 Å². The fourth-order valence-corrected chi connectivity index (χ4v) is 2.67. The van der Waals surface area contributed by atoms with Crippen molar-refractivity contribution in [3.63, 3.8) is 0 Å². The Labute approximate surface area is 124 Å². The van der Waals surface area contributed by atoms with Gasteiger partial charge in [-0.25, -0.2) is 4.39 Å². The Bertz CT molecular complexity index is 568. The second-order valence-electron chi connectivity index (χ2n) is 5.41. The lowest BCUT2D eigenvalue weighted by atomic mass is 10.1. The molecule has 1 fully saturated rings. The first-order chi connectivity index (χ1) is 10.3. The van der Waals surface area contributed by atoms with Gasteiger partial charge in [-0.05, 0) is 36.6 Å². The van der Waals surface area contributed by atoms with E-state index in [0.717, 1.165) is 32.5 Å². The van der Waals surface area contributed by atoms with Crippen LogP contribution in [0, 0.1) is 5.82 Å². The third-order valence-electron chi connectivity index (χ3n) is 3.76. The first-order valence-electron chi connectivity index (χ1n) is 7.33. The fourth-order valence-electron chi connectivity index (χ4n) is 2.67. The molecular weight excluding hydrogens is 267 g/mol. The Morgan fingerprint density at radius 3 is 2.76 bits per heavy atom. The summed E-state index contributed by atoms with van der Waals surface area (Å²) >= 11 is 0. The van der Waals surface area contributed by atoms with Crippen LogP contribution in [0.25, 0.3) is 0 Å². The number of pyridine rings is 1. The summed E-state index contributed by atoms with van der Waals surface area (Å²) < 4.78 is 19.0. The summed E-state index contributed by atoms with van der Waals surface area (Å²) in [7, 11) is 0. The van der Waals surface area contributed by atoms with Crippen molar-refractivity contribution in [1.29, 1.82) is 0 Å². The summed E-state index contributed by atoms with van der Waals surface area (Å²) in [5.41, 5.74) is 1.24. The molecule has 0 amide bonds. The number of hydrogen-bond donors (Lipinski definition) is 0. The third-order valence-corrected chi connectivity index (χ3v) is 3.76. The molecule has 0 unspecified atom stereocenters. The van der Waals surface area contributed by atoms with E-state index in [2.05, 4.69) is 16.0 Å². The normalized spacial score (nSPS) is 16.8. The fraction of sp³-hybridized carbons (Fsp3) is 0.353. The smallest absolute Gasteiger partial charge is 0.126 e. The molecule has 3 nitrogen and oxygen atoms in total. The molecule has 0 N–H and O–H groups in total. The zero-order valence-electron chi connectivity index (χ0n) is 11.9. The molecule has 3 rings (SSSR count). The van der Waals surface area contributed by atoms with E-state index in [-0.39, 0.29) is 11.9 Å². The van der Waals surface area contributed by atoms with Gasteiger partial charge in [0.1, 0.15) is 17.7 Å². The van der Waals surface area contributed by atoms with Gasteiger partial charge in [0.05, 0.1) is 0 Å². The largest absolute Gasteiger partial charge is 0.490 e. The van der Waals surface area contributed by atoms with Crippen molar-refractivity contribution in [2.24, 2.45) is 0 Å². The van der Waals surface area contributed by atoms with Gasteiger partial charge in [0, 0.05) is 38.1 Å². The molecule has 1 aliphatic heterocycles. The lowest BCUT2D eigenvalue weighted by Crippen LogP contribution is -2.37. The average molecular weight is 286 g/mol. The number of benzene rings is 1. The highest BCUT2D eigenvalue weighted by molar-refractivity contribution is 5.22. The molecule has 0 atom stereocenters. The van der Waals surface area contributed by atoms with Gasteiger partial charge in [0.15, 0.2) is 0 Å². The first-order valence-corrected chi connectivity index (χ1v) is 7.33. The minimum atomic E-state index is -0.249. The first kappa shape index (κ1) is 14.0. The molecule has 1 saturated heterocycles. The molecule has 2 aromatic rings. The van der Waals surface area contributed by atoms with Crippen LogP contribution in [0.3, 0.4) is 0 Å². The van der Waals surface area contributed by atoms with E-state index >= 15 is 0 Å². The van der Waals surface area contributed by atoms with Gasteiger partial charge < -0.3 is 4.74 Å². The van der Waals surface area contributed by atoms with Crippen molar-refractivity contribution >= 4 is 0 Å². The summed E-state index contributed by atoms with van der Waals surface area (Å²) in [6.07, 6.45) is 5.82. The Morgan fingerprint density at radius 1 is 1.19 bits per heavy atom. The van der Waals surface area contributed by atoms with Crippen LogP contribution in [0.4, 0.5) is 4.39 Å². The molecule has 1 aromatic heterocycles. The summed E-state index contributed by atoms with van der Waals surface area (Å²) in [5, 5.41) is 0. The van der Waals surface area contributed by atoms with Crippen LogP contribution in [0.5, 0.6) is 5.75 Å². The van der Waals surface area contributed by atoms with Crippen molar-refractivity contribution in [3.8, 4) is 5.75 Å². The summed E-state index contributed by atoms with van der Waals surface area (Å²) in [5.74, 6) is 0.377. The van der Waals surface area contributed by atoms with Gasteiger partial charge >= 0.3 is 0 Å². The number of halogens is 1. The van der Waals surface area contributed by atoms with Crippen molar-refractivity contribution < 1.29 is 9.13 Å². The highest BCUT2D eigenvalue weighted by Gasteiger charge is 2.20. The van der Waals surface area contributed by atoms with Crippen LogP contribution in [0.15, 0.2) is 48.8 Å². The monoisotopic (exact) mass is 286 g/mol. The molecule has 2 heterocycles. The number of likely N-dealkylation sites (tertiary alicyclic amines) is 1. The summed E-state index contributed by atoms with van der Waals surface area (Å²) in [4.78, 5) is 6.55. The lowest BCUT2D eigenvalue weighted by molar-refractivity contribution is 0.0965. The van der Waals surface area contributed by atoms with Crippen LogP contribution >= 0.6 is 0 Å². The molecule has 0 radical (unpaired) electrons. The van der Waals surface area contributed by atoms with E-state index in [0.29, 0.717) is 5.75 Å². The van der Waals surface area contributed by atoms with E-state index in [9.17, 15) is 4.39 Å². The molecule has 4 heteroatoms. The predicted octanol–water partition coefficient (Wildman–Crippen LogP) is 3.26. The van der Waals surface area contributed by atoms with Crippen LogP contribution in [0.2, 0.25) is 0 Å². The molecule has 1 aliphatic rings. The maximum Gasteiger partial charge on any atom is 0.126 e. The molecule has 0 spiro atoms. The second-order valence-corrected chi connectivity index (χ2v) is 5.41. The van der Waals surface area contributed by atoms with Crippen LogP contribution in [0.1, 0.15) is 18.4 Å². The van der Waals surface area contributed by atoms with Crippen molar-refractivity contribution in [2.45, 2.75) is 25.5 Å². The van der Waals surface area contributed by atoms with E-state index in [1.165, 1.54) is 17.7 Å². The maximum atomic E-state index is 13.1. The van der Waals surface area contributed by atoms with E-state index in [1.807, 2.05) is 18.3 Å². The number of hydrogen-bond acceptors (Lipinski definition) is 3. The topological polar surface area (TPSA) is 25.4 Å². The van der Waals surface area contributed by atoms with Gasteiger partial charge in [0.25, 0.3) is 0 Å². The average Bonchev–Trinajstić information content (AvgIpc) is 2.50. The van der Waals surface area contributed by atoms with Gasteiger partial charge in [-0.15, -0.1) is 0 Å². The van der Waals surface area contributed by atoms with Crippen LogP contribution in [-0.4, -0.2) is 29.1 Å². The Balaban J connectivity index is 1.49. The van der Waals surface area contributed by atoms with E-state index < -0.39 is 0 Å². The van der Waals surface area contributed by atoms with Crippen molar-refractivity contribution in [3.05, 3.63) is 60.2 Å². The molecule has 0 saturated carbocycles. The molecule has 110 valence electrons. The molecule has 21 heavy (non-hydrogen) atoms. The van der Waals surface area contributed by atoms with Gasteiger partial charge in [-0.1, -0.05) is 12.1 Å². The SMILES string of the molecule is Fc1cccc(OC2CCN(Cc3cccnc3)CC2)c1. The number of piperidine rings is 1. The number of nitrogens with zero attached hydrogens (tertiary/aromatic N) is 2. The Hall–Kier alpha value is -1.94. The highest BCUT2D eigenvalue weighted by Crippen LogP contribution is 2.20. The van der Waals surface area contributed by atoms with Gasteiger partial charge in [0.2, 0.25) is 0 Å². The van der Waals surface area contributed by atoms with Crippen LogP contribution in [-0.2, 0) is 6.54 Å². The zero-order valence-corrected chi connectivity index (χ0v) is 11.9. The van der Waals surface area contributed by atoms with Gasteiger partial charge in [-0.2, -0.15) is 0 Å². The zero-order chi connectivity index (χ0) is 14.5. The number of rotatable bonds is 4. The predicted molar refractivity (Wildman–Crippen MR) is 79.6 cm³/mol. The summed E-state index contributed by atoms with van der Waals surface area (Å²) in [6, 6.07) is 10.4. The van der Waals surface area contributed by atoms with Crippen LogP contribution < -0.4 is 4.74 Å². The standard InChI is InChI=1S/C17H19FN2O/c18-15-4-1-5-17(11-15)21-16-6-9-20(10-7-16)13-14-3-2-8-19-12-14/h1-5,8,11-12,16H,6-7,9-10,13H2. The molecule has 0 bridgehead atoms. The number of ether oxygens (including phenoxy) is 1. The van der Waals surface area contributed by atoms with Gasteiger partial charge in [-0.3, -0.25) is 9.88 Å². The quantitative estimate of drug-likeness (QED) is 0.862. The minimum absolute atomic E-state index is 0.178. The molecular formula is C17H19FN2O. The Kier molecular flexibility index (Phi) is 4.46. The summed E-state index contributed by atoms with van der Waals surface area (Å²) in [6.45, 7) is 2.92. The Morgan fingerprint density at radius 2 is 2.05 bits per heavy atom. The molecule has 0 aliphatic carbocycles.